The molecule has 2 saturated heterocycles. The van der Waals surface area contributed by atoms with E-state index in [0.29, 0.717) is 11.1 Å². The number of carbonyl (C=O) groups excluding carboxylic acids is 3. The van der Waals surface area contributed by atoms with Gasteiger partial charge in [-0.1, -0.05) is 37.3 Å². The number of ketones is 1. The van der Waals surface area contributed by atoms with E-state index in [4.69, 9.17) is 18.9 Å². The fourth-order valence-electron chi connectivity index (χ4n) is 3.88. The van der Waals surface area contributed by atoms with Gasteiger partial charge in [-0.3, -0.25) is 4.79 Å². The lowest BCUT2D eigenvalue weighted by molar-refractivity contribution is -0.0287. The number of esters is 2. The monoisotopic (exact) mass is 424 g/mol. The van der Waals surface area contributed by atoms with E-state index in [1.165, 1.54) is 6.92 Å². The van der Waals surface area contributed by atoms with E-state index >= 15 is 0 Å². The molecule has 0 amide bonds. The summed E-state index contributed by atoms with van der Waals surface area (Å²) in [5.41, 5.74) is 2.10. The molecule has 0 bridgehead atoms. The van der Waals surface area contributed by atoms with Crippen molar-refractivity contribution in [1.29, 1.82) is 0 Å². The van der Waals surface area contributed by atoms with Crippen LogP contribution in [0, 0.1) is 0 Å². The largest absolute Gasteiger partial charge is 0.453 e. The molecular formula is C24H24O7. The maximum atomic E-state index is 12.6. The van der Waals surface area contributed by atoms with Crippen LogP contribution in [0.2, 0.25) is 0 Å². The second-order valence-electron chi connectivity index (χ2n) is 7.64. The van der Waals surface area contributed by atoms with Crippen LogP contribution in [-0.4, -0.2) is 55.4 Å². The first kappa shape index (κ1) is 21.2. The van der Waals surface area contributed by atoms with Gasteiger partial charge in [0.15, 0.2) is 18.0 Å². The van der Waals surface area contributed by atoms with Gasteiger partial charge in [-0.15, -0.1) is 0 Å². The molecule has 2 aromatic carbocycles. The highest BCUT2D eigenvalue weighted by Crippen LogP contribution is 2.31. The SMILES string of the molecule is CCc1ccc(C(=O)O[C@@H]2CO[C@H]3[C@@H]2OC[C@@H]3OC(=O)c2ccccc2C(C)=O)cc1. The molecule has 0 spiro atoms. The van der Waals surface area contributed by atoms with Crippen LogP contribution in [0.25, 0.3) is 0 Å². The highest BCUT2D eigenvalue weighted by atomic mass is 16.7. The third-order valence-corrected chi connectivity index (χ3v) is 5.60. The lowest BCUT2D eigenvalue weighted by atomic mass is 10.0. The van der Waals surface area contributed by atoms with Crippen molar-refractivity contribution < 1.29 is 33.3 Å². The number of ether oxygens (including phenoxy) is 4. The predicted octanol–water partition coefficient (Wildman–Crippen LogP) is 3.00. The average Bonchev–Trinajstić information content (AvgIpc) is 3.37. The average molecular weight is 424 g/mol. The zero-order valence-corrected chi connectivity index (χ0v) is 17.4. The van der Waals surface area contributed by atoms with Crippen LogP contribution in [-0.2, 0) is 25.4 Å². The van der Waals surface area contributed by atoms with E-state index in [0.717, 1.165) is 12.0 Å². The number of aryl methyl sites for hydroxylation is 1. The zero-order valence-electron chi connectivity index (χ0n) is 17.4. The second kappa shape index (κ2) is 8.99. The molecule has 2 heterocycles. The highest BCUT2D eigenvalue weighted by molar-refractivity contribution is 6.05. The molecule has 0 N–H and O–H groups in total. The minimum Gasteiger partial charge on any atom is -0.453 e. The van der Waals surface area contributed by atoms with Crippen LogP contribution < -0.4 is 0 Å². The normalized spacial score (nSPS) is 24.5. The molecule has 7 nitrogen and oxygen atoms in total. The van der Waals surface area contributed by atoms with Crippen molar-refractivity contribution in [3.05, 3.63) is 70.8 Å². The van der Waals surface area contributed by atoms with Crippen LogP contribution in [0.5, 0.6) is 0 Å². The van der Waals surface area contributed by atoms with Crippen molar-refractivity contribution >= 4 is 17.7 Å². The molecule has 31 heavy (non-hydrogen) atoms. The quantitative estimate of drug-likeness (QED) is 0.520. The number of benzene rings is 2. The lowest BCUT2D eigenvalue weighted by Crippen LogP contribution is -2.36. The maximum Gasteiger partial charge on any atom is 0.339 e. The Bertz CT molecular complexity index is 982. The van der Waals surface area contributed by atoms with E-state index < -0.39 is 36.4 Å². The van der Waals surface area contributed by atoms with Gasteiger partial charge in [0.2, 0.25) is 0 Å². The summed E-state index contributed by atoms with van der Waals surface area (Å²) >= 11 is 0. The van der Waals surface area contributed by atoms with Crippen molar-refractivity contribution in [3.63, 3.8) is 0 Å². The minimum absolute atomic E-state index is 0.128. The van der Waals surface area contributed by atoms with Gasteiger partial charge in [0.25, 0.3) is 0 Å². The van der Waals surface area contributed by atoms with Gasteiger partial charge in [-0.25, -0.2) is 9.59 Å². The third-order valence-electron chi connectivity index (χ3n) is 5.60. The Morgan fingerprint density at radius 2 is 1.39 bits per heavy atom. The van der Waals surface area contributed by atoms with Gasteiger partial charge in [0.05, 0.1) is 24.3 Å². The summed E-state index contributed by atoms with van der Waals surface area (Å²) in [5, 5.41) is 0. The zero-order chi connectivity index (χ0) is 22.0. The van der Waals surface area contributed by atoms with Crippen molar-refractivity contribution in [1.82, 2.24) is 0 Å². The summed E-state index contributed by atoms with van der Waals surface area (Å²) in [5.74, 6) is -1.28. The molecular weight excluding hydrogens is 400 g/mol. The summed E-state index contributed by atoms with van der Waals surface area (Å²) in [6.07, 6.45) is -1.39. The lowest BCUT2D eigenvalue weighted by Gasteiger charge is -2.18. The molecule has 4 atom stereocenters. The van der Waals surface area contributed by atoms with Gasteiger partial charge in [0, 0.05) is 5.56 Å². The topological polar surface area (TPSA) is 88.1 Å². The first-order chi connectivity index (χ1) is 15.0. The number of rotatable bonds is 6. The Morgan fingerprint density at radius 3 is 1.94 bits per heavy atom. The number of Topliss-reactive ketones (excluding diaryl/α,β-unsaturated/α-hetero) is 1. The van der Waals surface area contributed by atoms with Crippen LogP contribution in [0.4, 0.5) is 0 Å². The molecule has 162 valence electrons. The van der Waals surface area contributed by atoms with E-state index in [9.17, 15) is 14.4 Å². The van der Waals surface area contributed by atoms with Gasteiger partial charge in [-0.2, -0.15) is 0 Å². The standard InChI is InChI=1S/C24H24O7/c1-3-15-8-10-16(11-9-15)23(26)30-19-12-28-22-20(13-29-21(19)22)31-24(27)18-7-5-4-6-17(18)14(2)25/h4-11,19-22H,3,12-13H2,1-2H3/t19-,20+,21-,22-/m1/s1. The van der Waals surface area contributed by atoms with E-state index in [2.05, 4.69) is 0 Å². The number of hydrogen-bond acceptors (Lipinski definition) is 7. The van der Waals surface area contributed by atoms with Gasteiger partial charge >= 0.3 is 11.9 Å². The Morgan fingerprint density at radius 1 is 0.839 bits per heavy atom. The van der Waals surface area contributed by atoms with Crippen LogP contribution >= 0.6 is 0 Å². The summed E-state index contributed by atoms with van der Waals surface area (Å²) < 4.78 is 22.7. The van der Waals surface area contributed by atoms with Crippen LogP contribution in [0.1, 0.15) is 50.5 Å². The second-order valence-corrected chi connectivity index (χ2v) is 7.64. The first-order valence-corrected chi connectivity index (χ1v) is 10.3. The molecule has 4 rings (SSSR count). The third kappa shape index (κ3) is 4.38. The molecule has 0 saturated carbocycles. The van der Waals surface area contributed by atoms with E-state index in [1.807, 2.05) is 19.1 Å². The smallest absolute Gasteiger partial charge is 0.339 e. The molecule has 0 radical (unpaired) electrons. The van der Waals surface area contributed by atoms with Crippen LogP contribution in [0.3, 0.4) is 0 Å². The van der Waals surface area contributed by atoms with Crippen LogP contribution in [0.15, 0.2) is 48.5 Å². The van der Waals surface area contributed by atoms with Crippen molar-refractivity contribution in [2.45, 2.75) is 44.7 Å². The van der Waals surface area contributed by atoms with E-state index in [-0.39, 0.29) is 24.6 Å². The molecule has 0 aromatic heterocycles. The fourth-order valence-corrected chi connectivity index (χ4v) is 3.88. The fraction of sp³-hybridized carbons (Fsp3) is 0.375. The minimum atomic E-state index is -0.648. The van der Waals surface area contributed by atoms with E-state index in [1.54, 1.807) is 36.4 Å². The van der Waals surface area contributed by atoms with Gasteiger partial charge < -0.3 is 18.9 Å². The number of fused-ring (bicyclic) bond motifs is 1. The molecule has 2 aromatic rings. The van der Waals surface area contributed by atoms with Gasteiger partial charge in [-0.05, 0) is 37.1 Å². The van der Waals surface area contributed by atoms with Crippen molar-refractivity contribution in [2.24, 2.45) is 0 Å². The summed E-state index contributed by atoms with van der Waals surface area (Å²) in [6.45, 7) is 3.73. The molecule has 2 aliphatic heterocycles. The first-order valence-electron chi connectivity index (χ1n) is 10.3. The Kier molecular flexibility index (Phi) is 6.15. The molecule has 0 aliphatic carbocycles. The van der Waals surface area contributed by atoms with Crippen molar-refractivity contribution in [3.8, 4) is 0 Å². The molecule has 2 aliphatic rings. The Balaban J connectivity index is 1.38. The Hall–Kier alpha value is -3.03. The molecule has 0 unspecified atom stereocenters. The molecule has 2 fully saturated rings. The maximum absolute atomic E-state index is 12.6. The van der Waals surface area contributed by atoms with Gasteiger partial charge in [0.1, 0.15) is 12.2 Å². The van der Waals surface area contributed by atoms with Crippen molar-refractivity contribution in [2.75, 3.05) is 13.2 Å². The summed E-state index contributed by atoms with van der Waals surface area (Å²) in [7, 11) is 0. The summed E-state index contributed by atoms with van der Waals surface area (Å²) in [4.78, 5) is 36.9. The Labute approximate surface area is 180 Å². The number of carbonyl (C=O) groups is 3. The number of hydrogen-bond donors (Lipinski definition) is 0. The highest BCUT2D eigenvalue weighted by Gasteiger charge is 2.51. The molecule has 7 heteroatoms. The summed E-state index contributed by atoms with van der Waals surface area (Å²) in [6, 6.07) is 13.8. The predicted molar refractivity (Wildman–Crippen MR) is 110 cm³/mol.